The Kier molecular flexibility index (Phi) is 8.65. The van der Waals surface area contributed by atoms with Crippen LogP contribution < -0.4 is 24.3 Å². The fraction of sp³-hybridized carbons (Fsp3) is 0.435. The summed E-state index contributed by atoms with van der Waals surface area (Å²) in [7, 11) is 8.69. The number of ether oxygens (including phenoxy) is 4. The lowest BCUT2D eigenvalue weighted by atomic mass is 10.1. The highest BCUT2D eigenvalue weighted by atomic mass is 16.5. The summed E-state index contributed by atoms with van der Waals surface area (Å²) in [6, 6.07) is 11.6. The van der Waals surface area contributed by atoms with Gasteiger partial charge in [0.25, 0.3) is 0 Å². The topological polar surface area (TPSA) is 64.6 Å². The number of hydrogen-bond donors (Lipinski definition) is 1. The van der Waals surface area contributed by atoms with Crippen LogP contribution in [0.1, 0.15) is 18.1 Å². The van der Waals surface area contributed by atoms with Gasteiger partial charge in [0.15, 0.2) is 29.0 Å². The second kappa shape index (κ2) is 11.2. The van der Waals surface area contributed by atoms with Crippen molar-refractivity contribution < 1.29 is 18.9 Å². The Labute approximate surface area is 179 Å². The summed E-state index contributed by atoms with van der Waals surface area (Å²) in [6.45, 7) is 5.34. The maximum atomic E-state index is 6.01. The number of aryl methyl sites for hydroxylation is 1. The number of guanidine groups is 1. The monoisotopic (exact) mass is 415 g/mol. The molecule has 2 aromatic rings. The van der Waals surface area contributed by atoms with Crippen molar-refractivity contribution in [1.29, 1.82) is 0 Å². The number of aliphatic imine (C=N–C) groups is 1. The van der Waals surface area contributed by atoms with Crippen LogP contribution in [0.3, 0.4) is 0 Å². The molecule has 0 bridgehead atoms. The highest BCUT2D eigenvalue weighted by Gasteiger charge is 2.14. The Balaban J connectivity index is 1.99. The van der Waals surface area contributed by atoms with E-state index in [1.165, 1.54) is 0 Å². The fourth-order valence-corrected chi connectivity index (χ4v) is 3.12. The zero-order chi connectivity index (χ0) is 22.1. The molecule has 0 amide bonds. The van der Waals surface area contributed by atoms with Gasteiger partial charge in [-0.25, -0.2) is 0 Å². The molecule has 0 fully saturated rings. The average Bonchev–Trinajstić information content (AvgIpc) is 2.75. The van der Waals surface area contributed by atoms with Crippen LogP contribution in [0.15, 0.2) is 41.4 Å². The molecule has 1 N–H and O–H groups in total. The first-order chi connectivity index (χ1) is 14.4. The molecule has 0 aliphatic carbocycles. The molecule has 0 radical (unpaired) electrons. The van der Waals surface area contributed by atoms with Crippen molar-refractivity contribution in [3.63, 3.8) is 0 Å². The first-order valence-corrected chi connectivity index (χ1v) is 9.86. The first kappa shape index (κ1) is 23.2. The third-order valence-electron chi connectivity index (χ3n) is 4.77. The van der Waals surface area contributed by atoms with E-state index < -0.39 is 0 Å². The minimum atomic E-state index is -0.0748. The number of rotatable bonds is 9. The smallest absolute Gasteiger partial charge is 0.193 e. The van der Waals surface area contributed by atoms with Gasteiger partial charge >= 0.3 is 0 Å². The van der Waals surface area contributed by atoms with E-state index in [1.54, 1.807) is 28.4 Å². The second-order valence-corrected chi connectivity index (χ2v) is 7.00. The molecular formula is C23H33N3O4. The van der Waals surface area contributed by atoms with Crippen LogP contribution in [-0.4, -0.2) is 58.9 Å². The van der Waals surface area contributed by atoms with Gasteiger partial charge in [-0.2, -0.15) is 0 Å². The number of nitrogens with zero attached hydrogens (tertiary/aromatic N) is 2. The normalized spacial score (nSPS) is 12.2. The van der Waals surface area contributed by atoms with Crippen LogP contribution in [0.5, 0.6) is 23.0 Å². The Hall–Kier alpha value is -3.09. The largest absolute Gasteiger partial charge is 0.493 e. The zero-order valence-electron chi connectivity index (χ0n) is 19.0. The van der Waals surface area contributed by atoms with E-state index in [9.17, 15) is 0 Å². The van der Waals surface area contributed by atoms with Crippen molar-refractivity contribution in [3.8, 4) is 23.0 Å². The van der Waals surface area contributed by atoms with Gasteiger partial charge in [0.2, 0.25) is 0 Å². The first-order valence-electron chi connectivity index (χ1n) is 9.86. The second-order valence-electron chi connectivity index (χ2n) is 7.00. The van der Waals surface area contributed by atoms with Crippen molar-refractivity contribution in [1.82, 2.24) is 10.2 Å². The van der Waals surface area contributed by atoms with Crippen LogP contribution in [0, 0.1) is 6.92 Å². The molecule has 0 aromatic heterocycles. The average molecular weight is 416 g/mol. The van der Waals surface area contributed by atoms with Gasteiger partial charge in [0, 0.05) is 20.6 Å². The maximum absolute atomic E-state index is 6.01. The quantitative estimate of drug-likeness (QED) is 0.500. The maximum Gasteiger partial charge on any atom is 0.193 e. The number of methoxy groups -OCH3 is 3. The number of nitrogens with one attached hydrogen (secondary N) is 1. The van der Waals surface area contributed by atoms with Gasteiger partial charge in [0.05, 0.1) is 27.9 Å². The molecule has 7 nitrogen and oxygen atoms in total. The number of benzene rings is 2. The molecule has 0 heterocycles. The van der Waals surface area contributed by atoms with Crippen LogP contribution in [0.4, 0.5) is 0 Å². The SMILES string of the molecule is CN=C(NCC(C)Oc1ccccc1OC)N(C)Cc1cc(OC)c(OC)cc1C. The molecule has 0 saturated heterocycles. The molecule has 2 aromatic carbocycles. The summed E-state index contributed by atoms with van der Waals surface area (Å²) in [5.41, 5.74) is 2.26. The van der Waals surface area contributed by atoms with Gasteiger partial charge in [-0.05, 0) is 49.2 Å². The van der Waals surface area contributed by atoms with Gasteiger partial charge in [0.1, 0.15) is 6.10 Å². The van der Waals surface area contributed by atoms with E-state index >= 15 is 0 Å². The Morgan fingerprint density at radius 3 is 2.20 bits per heavy atom. The molecule has 0 saturated carbocycles. The minimum Gasteiger partial charge on any atom is -0.493 e. The van der Waals surface area contributed by atoms with Gasteiger partial charge in [-0.1, -0.05) is 12.1 Å². The van der Waals surface area contributed by atoms with E-state index in [2.05, 4.69) is 22.1 Å². The molecule has 164 valence electrons. The van der Waals surface area contributed by atoms with E-state index in [0.29, 0.717) is 18.8 Å². The Morgan fingerprint density at radius 2 is 1.60 bits per heavy atom. The lowest BCUT2D eigenvalue weighted by molar-refractivity contribution is 0.212. The highest BCUT2D eigenvalue weighted by Crippen LogP contribution is 2.30. The number of hydrogen-bond acceptors (Lipinski definition) is 5. The number of para-hydroxylation sites is 2. The summed E-state index contributed by atoms with van der Waals surface area (Å²) < 4.78 is 22.2. The third-order valence-corrected chi connectivity index (χ3v) is 4.77. The standard InChI is InChI=1S/C23H33N3O4/c1-16-12-21(28-6)22(29-7)13-18(16)15-26(4)23(24-3)25-14-17(2)30-20-11-9-8-10-19(20)27-5/h8-13,17H,14-15H2,1-7H3,(H,24,25). The van der Waals surface area contributed by atoms with Crippen molar-refractivity contribution in [2.24, 2.45) is 4.99 Å². The molecule has 7 heteroatoms. The van der Waals surface area contributed by atoms with E-state index in [4.69, 9.17) is 18.9 Å². The van der Waals surface area contributed by atoms with Crippen molar-refractivity contribution in [2.75, 3.05) is 42.0 Å². The van der Waals surface area contributed by atoms with Crippen molar-refractivity contribution in [2.45, 2.75) is 26.5 Å². The lowest BCUT2D eigenvalue weighted by Crippen LogP contribution is -2.42. The van der Waals surface area contributed by atoms with Gasteiger partial charge < -0.3 is 29.2 Å². The van der Waals surface area contributed by atoms with Crippen LogP contribution in [0.2, 0.25) is 0 Å². The molecular weight excluding hydrogens is 382 g/mol. The highest BCUT2D eigenvalue weighted by molar-refractivity contribution is 5.79. The van der Waals surface area contributed by atoms with Crippen LogP contribution in [0.25, 0.3) is 0 Å². The summed E-state index contributed by atoms with van der Waals surface area (Å²) in [5, 5.41) is 3.37. The minimum absolute atomic E-state index is 0.0748. The molecule has 30 heavy (non-hydrogen) atoms. The van der Waals surface area contributed by atoms with Crippen molar-refractivity contribution in [3.05, 3.63) is 47.5 Å². The lowest BCUT2D eigenvalue weighted by Gasteiger charge is -2.25. The van der Waals surface area contributed by atoms with Gasteiger partial charge in [-0.15, -0.1) is 0 Å². The molecule has 2 rings (SSSR count). The Bertz CT molecular complexity index is 854. The van der Waals surface area contributed by atoms with E-state index in [-0.39, 0.29) is 6.10 Å². The molecule has 0 aliphatic heterocycles. The predicted octanol–water partition coefficient (Wildman–Crippen LogP) is 3.50. The molecule has 0 spiro atoms. The molecule has 0 aliphatic rings. The van der Waals surface area contributed by atoms with Crippen LogP contribution >= 0.6 is 0 Å². The zero-order valence-corrected chi connectivity index (χ0v) is 19.0. The van der Waals surface area contributed by atoms with Gasteiger partial charge in [-0.3, -0.25) is 4.99 Å². The van der Waals surface area contributed by atoms with Crippen molar-refractivity contribution >= 4 is 5.96 Å². The predicted molar refractivity (Wildman–Crippen MR) is 120 cm³/mol. The summed E-state index contributed by atoms with van der Waals surface area (Å²) in [5.74, 6) is 3.66. The van der Waals surface area contributed by atoms with Crippen LogP contribution in [-0.2, 0) is 6.54 Å². The third kappa shape index (κ3) is 5.95. The summed E-state index contributed by atoms with van der Waals surface area (Å²) in [4.78, 5) is 6.46. The molecule has 1 unspecified atom stereocenters. The summed E-state index contributed by atoms with van der Waals surface area (Å²) in [6.07, 6.45) is -0.0748. The summed E-state index contributed by atoms with van der Waals surface area (Å²) >= 11 is 0. The van der Waals surface area contributed by atoms with E-state index in [0.717, 1.165) is 34.3 Å². The fourth-order valence-electron chi connectivity index (χ4n) is 3.12. The molecule has 1 atom stereocenters. The Morgan fingerprint density at radius 1 is 1.00 bits per heavy atom. The van der Waals surface area contributed by atoms with E-state index in [1.807, 2.05) is 50.4 Å².